The third-order valence-corrected chi connectivity index (χ3v) is 4.97. The zero-order valence-electron chi connectivity index (χ0n) is 12.2. The topological polar surface area (TPSA) is 24.9 Å². The van der Waals surface area contributed by atoms with Gasteiger partial charge in [0, 0.05) is 16.6 Å². The van der Waals surface area contributed by atoms with Crippen molar-refractivity contribution < 1.29 is 0 Å². The number of aromatic nitrogens is 1. The molecule has 2 nitrogen and oxygen atoms in total. The minimum Gasteiger partial charge on any atom is -0.332 e. The number of anilines is 2. The average molecular weight is 349 g/mol. The summed E-state index contributed by atoms with van der Waals surface area (Å²) in [6.07, 6.45) is 0. The molecule has 1 N–H and O–H groups in total. The molecule has 0 aliphatic carbocycles. The largest absolute Gasteiger partial charge is 0.332 e. The molecular formula is C17H14Cl2N2S. The molecule has 0 unspecified atom stereocenters. The number of halogens is 2. The van der Waals surface area contributed by atoms with Crippen LogP contribution in [0.1, 0.15) is 11.1 Å². The molecule has 5 heteroatoms. The van der Waals surface area contributed by atoms with Gasteiger partial charge in [-0.2, -0.15) is 0 Å². The van der Waals surface area contributed by atoms with Gasteiger partial charge in [-0.15, -0.1) is 11.3 Å². The van der Waals surface area contributed by atoms with Crippen molar-refractivity contribution in [3.63, 3.8) is 0 Å². The summed E-state index contributed by atoms with van der Waals surface area (Å²) >= 11 is 13.6. The smallest absolute Gasteiger partial charge is 0.187 e. The van der Waals surface area contributed by atoms with Crippen LogP contribution in [0.15, 0.2) is 41.8 Å². The average Bonchev–Trinajstić information content (AvgIpc) is 2.94. The highest BCUT2D eigenvalue weighted by atomic mass is 35.5. The monoisotopic (exact) mass is 348 g/mol. The molecule has 0 atom stereocenters. The van der Waals surface area contributed by atoms with Crippen LogP contribution < -0.4 is 5.32 Å². The molecule has 0 aliphatic rings. The second-order valence-electron chi connectivity index (χ2n) is 5.09. The fourth-order valence-corrected chi connectivity index (χ4v) is 3.10. The lowest BCUT2D eigenvalue weighted by Crippen LogP contribution is -1.91. The zero-order chi connectivity index (χ0) is 15.7. The van der Waals surface area contributed by atoms with E-state index in [0.29, 0.717) is 10.0 Å². The summed E-state index contributed by atoms with van der Waals surface area (Å²) in [4.78, 5) is 4.60. The van der Waals surface area contributed by atoms with E-state index in [-0.39, 0.29) is 0 Å². The number of benzene rings is 2. The van der Waals surface area contributed by atoms with Crippen LogP contribution in [0.4, 0.5) is 10.8 Å². The first-order chi connectivity index (χ1) is 10.5. The molecule has 112 valence electrons. The van der Waals surface area contributed by atoms with Crippen LogP contribution in [0.25, 0.3) is 11.3 Å². The van der Waals surface area contributed by atoms with Crippen molar-refractivity contribution >= 4 is 45.4 Å². The number of hydrogen-bond acceptors (Lipinski definition) is 3. The Morgan fingerprint density at radius 3 is 2.50 bits per heavy atom. The Hall–Kier alpha value is -1.55. The van der Waals surface area contributed by atoms with Gasteiger partial charge >= 0.3 is 0 Å². The first kappa shape index (κ1) is 15.3. The molecule has 0 saturated carbocycles. The number of nitrogens with zero attached hydrogens (tertiary/aromatic N) is 1. The van der Waals surface area contributed by atoms with Crippen LogP contribution in [0.2, 0.25) is 10.0 Å². The lowest BCUT2D eigenvalue weighted by atomic mass is 10.1. The predicted molar refractivity (Wildman–Crippen MR) is 96.8 cm³/mol. The van der Waals surface area contributed by atoms with Crippen LogP contribution in [-0.2, 0) is 0 Å². The third kappa shape index (κ3) is 3.27. The fraction of sp³-hybridized carbons (Fsp3) is 0.118. The Balaban J connectivity index is 1.84. The summed E-state index contributed by atoms with van der Waals surface area (Å²) in [5.74, 6) is 0. The molecule has 0 spiro atoms. The number of nitrogens with one attached hydrogen (secondary N) is 1. The first-order valence-electron chi connectivity index (χ1n) is 6.78. The summed E-state index contributed by atoms with van der Waals surface area (Å²) in [7, 11) is 0. The highest BCUT2D eigenvalue weighted by molar-refractivity contribution is 7.14. The standard InChI is InChI=1S/C17H14Cl2N2S/c1-10-3-5-13(7-11(10)2)20-17-21-16(9-22-17)12-4-6-14(18)15(19)8-12/h3-9H,1-2H3,(H,20,21). The number of thiazole rings is 1. The molecule has 22 heavy (non-hydrogen) atoms. The molecule has 3 aromatic rings. The Labute approximate surface area is 143 Å². The molecule has 0 fully saturated rings. The second kappa shape index (κ2) is 6.29. The Morgan fingerprint density at radius 2 is 1.77 bits per heavy atom. The van der Waals surface area contributed by atoms with Gasteiger partial charge < -0.3 is 5.32 Å². The molecular weight excluding hydrogens is 335 g/mol. The normalized spacial score (nSPS) is 10.7. The molecule has 0 saturated heterocycles. The maximum absolute atomic E-state index is 6.06. The van der Waals surface area contributed by atoms with E-state index in [1.807, 2.05) is 17.5 Å². The Bertz CT molecular complexity index is 827. The van der Waals surface area contributed by atoms with Gasteiger partial charge in [-0.25, -0.2) is 4.98 Å². The SMILES string of the molecule is Cc1ccc(Nc2nc(-c3ccc(Cl)c(Cl)c3)cs2)cc1C. The second-order valence-corrected chi connectivity index (χ2v) is 6.76. The van der Waals surface area contributed by atoms with E-state index in [2.05, 4.69) is 42.3 Å². The van der Waals surface area contributed by atoms with Gasteiger partial charge in [-0.05, 0) is 49.2 Å². The minimum atomic E-state index is 0.538. The van der Waals surface area contributed by atoms with Crippen LogP contribution in [0, 0.1) is 13.8 Å². The predicted octanol–water partition coefficient (Wildman–Crippen LogP) is 6.48. The van der Waals surface area contributed by atoms with E-state index in [1.165, 1.54) is 11.1 Å². The van der Waals surface area contributed by atoms with Gasteiger partial charge in [0.05, 0.1) is 15.7 Å². The fourth-order valence-electron chi connectivity index (χ4n) is 2.06. The van der Waals surface area contributed by atoms with E-state index in [9.17, 15) is 0 Å². The highest BCUT2D eigenvalue weighted by Crippen LogP contribution is 2.31. The van der Waals surface area contributed by atoms with Crippen molar-refractivity contribution in [2.75, 3.05) is 5.32 Å². The molecule has 0 amide bonds. The molecule has 1 heterocycles. The van der Waals surface area contributed by atoms with E-state index >= 15 is 0 Å². The molecule has 2 aromatic carbocycles. The van der Waals surface area contributed by atoms with Crippen molar-refractivity contribution in [2.45, 2.75) is 13.8 Å². The summed E-state index contributed by atoms with van der Waals surface area (Å²) in [6, 6.07) is 11.8. The van der Waals surface area contributed by atoms with E-state index in [0.717, 1.165) is 22.1 Å². The van der Waals surface area contributed by atoms with E-state index in [1.54, 1.807) is 17.4 Å². The quantitative estimate of drug-likeness (QED) is 0.585. The van der Waals surface area contributed by atoms with Gasteiger partial charge in [-0.1, -0.05) is 35.3 Å². The third-order valence-electron chi connectivity index (χ3n) is 3.48. The van der Waals surface area contributed by atoms with Gasteiger partial charge in [0.15, 0.2) is 5.13 Å². The van der Waals surface area contributed by atoms with E-state index < -0.39 is 0 Å². The number of aryl methyl sites for hydroxylation is 2. The lowest BCUT2D eigenvalue weighted by molar-refractivity contribution is 1.33. The highest BCUT2D eigenvalue weighted by Gasteiger charge is 2.07. The van der Waals surface area contributed by atoms with Crippen LogP contribution in [0.5, 0.6) is 0 Å². The van der Waals surface area contributed by atoms with Crippen LogP contribution in [0.3, 0.4) is 0 Å². The Morgan fingerprint density at radius 1 is 0.955 bits per heavy atom. The minimum absolute atomic E-state index is 0.538. The van der Waals surface area contributed by atoms with Gasteiger partial charge in [0.1, 0.15) is 0 Å². The lowest BCUT2D eigenvalue weighted by Gasteiger charge is -2.05. The first-order valence-corrected chi connectivity index (χ1v) is 8.42. The van der Waals surface area contributed by atoms with E-state index in [4.69, 9.17) is 23.2 Å². The van der Waals surface area contributed by atoms with Gasteiger partial charge in [0.25, 0.3) is 0 Å². The van der Waals surface area contributed by atoms with Crippen molar-refractivity contribution in [3.8, 4) is 11.3 Å². The molecule has 0 radical (unpaired) electrons. The van der Waals surface area contributed by atoms with Crippen LogP contribution in [-0.4, -0.2) is 4.98 Å². The molecule has 3 rings (SSSR count). The van der Waals surface area contributed by atoms with Crippen LogP contribution >= 0.6 is 34.5 Å². The summed E-state index contributed by atoms with van der Waals surface area (Å²) in [6.45, 7) is 4.20. The zero-order valence-corrected chi connectivity index (χ0v) is 14.5. The van der Waals surface area contributed by atoms with Gasteiger partial charge in [0.2, 0.25) is 0 Å². The number of rotatable bonds is 3. The summed E-state index contributed by atoms with van der Waals surface area (Å²) in [5.41, 5.74) is 5.42. The van der Waals surface area contributed by atoms with Crippen molar-refractivity contribution in [3.05, 3.63) is 63.0 Å². The summed E-state index contributed by atoms with van der Waals surface area (Å²) in [5, 5.41) is 7.28. The Kier molecular flexibility index (Phi) is 4.39. The maximum atomic E-state index is 6.06. The molecule has 0 bridgehead atoms. The maximum Gasteiger partial charge on any atom is 0.187 e. The van der Waals surface area contributed by atoms with Gasteiger partial charge in [-0.3, -0.25) is 0 Å². The molecule has 1 aromatic heterocycles. The van der Waals surface area contributed by atoms with Crippen molar-refractivity contribution in [2.24, 2.45) is 0 Å². The van der Waals surface area contributed by atoms with Crippen molar-refractivity contribution in [1.82, 2.24) is 4.98 Å². The summed E-state index contributed by atoms with van der Waals surface area (Å²) < 4.78 is 0. The van der Waals surface area contributed by atoms with Crippen molar-refractivity contribution in [1.29, 1.82) is 0 Å². The number of hydrogen-bond donors (Lipinski definition) is 1. The molecule has 0 aliphatic heterocycles.